The molecule has 0 amide bonds. The average Bonchev–Trinajstić information content (AvgIpc) is 2.29. The van der Waals surface area contributed by atoms with E-state index in [4.69, 9.17) is 21.1 Å². The van der Waals surface area contributed by atoms with E-state index in [9.17, 15) is 4.79 Å². The van der Waals surface area contributed by atoms with Crippen LogP contribution in [0.15, 0.2) is 12.4 Å². The van der Waals surface area contributed by atoms with Gasteiger partial charge >= 0.3 is 5.97 Å². The fraction of sp³-hybridized carbons (Fsp3) is 0.583. The molecular weight excluding hydrogens is 336 g/mol. The van der Waals surface area contributed by atoms with E-state index < -0.39 is 10.4 Å². The molecule has 1 heterocycles. The molecule has 0 aromatic carbocycles. The maximum Gasteiger partial charge on any atom is 0.320 e. The average molecular weight is 352 g/mol. The van der Waals surface area contributed by atoms with Crippen LogP contribution in [-0.2, 0) is 9.53 Å². The van der Waals surface area contributed by atoms with E-state index in [1.807, 2.05) is 20.8 Å². The first-order chi connectivity index (χ1) is 8.78. The van der Waals surface area contributed by atoms with E-state index in [-0.39, 0.29) is 11.3 Å². The van der Waals surface area contributed by atoms with Gasteiger partial charge in [0.25, 0.3) is 0 Å². The van der Waals surface area contributed by atoms with Crippen LogP contribution in [0.1, 0.15) is 27.2 Å². The van der Waals surface area contributed by atoms with Crippen LogP contribution < -0.4 is 4.74 Å². The Morgan fingerprint density at radius 3 is 2.53 bits per heavy atom. The summed E-state index contributed by atoms with van der Waals surface area (Å²) in [6, 6.07) is 0. The van der Waals surface area contributed by atoms with Crippen LogP contribution in [0.3, 0.4) is 0 Å². The zero-order valence-electron chi connectivity index (χ0n) is 11.0. The molecule has 106 valence electrons. The van der Waals surface area contributed by atoms with Crippen molar-refractivity contribution in [3.63, 3.8) is 0 Å². The van der Waals surface area contributed by atoms with Crippen LogP contribution in [0.25, 0.3) is 0 Å². The van der Waals surface area contributed by atoms with Crippen LogP contribution >= 0.6 is 27.5 Å². The number of hydrogen-bond acceptors (Lipinski definition) is 5. The molecule has 0 saturated carbocycles. The number of rotatable bonds is 5. The van der Waals surface area contributed by atoms with Gasteiger partial charge in [-0.05, 0) is 32.4 Å². The fourth-order valence-corrected chi connectivity index (χ4v) is 1.52. The van der Waals surface area contributed by atoms with Gasteiger partial charge in [0.05, 0.1) is 19.0 Å². The lowest BCUT2D eigenvalue weighted by atomic mass is 10.2. The molecule has 1 aromatic rings. The third kappa shape index (κ3) is 6.73. The molecule has 7 heteroatoms. The second kappa shape index (κ2) is 7.05. The molecule has 1 unspecified atom stereocenters. The zero-order valence-corrected chi connectivity index (χ0v) is 13.4. The Hall–Kier alpha value is -0.880. The first-order valence-electron chi connectivity index (χ1n) is 5.75. The summed E-state index contributed by atoms with van der Waals surface area (Å²) in [4.78, 5) is 18.8. The van der Waals surface area contributed by atoms with Gasteiger partial charge in [-0.15, -0.1) is 0 Å². The summed E-state index contributed by atoms with van der Waals surface area (Å²) in [6.45, 7) is 5.82. The SMILES string of the molecule is CC(C)(C)OC(=O)C(Br)CCOc1cnc(Cl)nc1. The molecule has 0 aliphatic carbocycles. The van der Waals surface area contributed by atoms with Crippen molar-refractivity contribution in [1.29, 1.82) is 0 Å². The first-order valence-corrected chi connectivity index (χ1v) is 7.04. The van der Waals surface area contributed by atoms with E-state index in [1.54, 1.807) is 0 Å². The van der Waals surface area contributed by atoms with Gasteiger partial charge < -0.3 is 9.47 Å². The predicted octanol–water partition coefficient (Wildman–Crippen LogP) is 3.00. The lowest BCUT2D eigenvalue weighted by Gasteiger charge is -2.21. The highest BCUT2D eigenvalue weighted by atomic mass is 79.9. The summed E-state index contributed by atoms with van der Waals surface area (Å²) < 4.78 is 10.6. The van der Waals surface area contributed by atoms with E-state index in [0.29, 0.717) is 18.8 Å². The molecule has 5 nitrogen and oxygen atoms in total. The molecule has 0 fully saturated rings. The topological polar surface area (TPSA) is 61.3 Å². The largest absolute Gasteiger partial charge is 0.490 e. The van der Waals surface area contributed by atoms with Crippen LogP contribution in [0.2, 0.25) is 5.28 Å². The Balaban J connectivity index is 2.32. The Morgan fingerprint density at radius 1 is 1.42 bits per heavy atom. The smallest absolute Gasteiger partial charge is 0.320 e. The summed E-state index contributed by atoms with van der Waals surface area (Å²) >= 11 is 8.83. The van der Waals surface area contributed by atoms with Crippen molar-refractivity contribution in [3.8, 4) is 5.75 Å². The van der Waals surface area contributed by atoms with E-state index in [0.717, 1.165) is 0 Å². The molecule has 1 atom stereocenters. The first kappa shape index (κ1) is 16.2. The number of nitrogens with zero attached hydrogens (tertiary/aromatic N) is 2. The number of esters is 1. The van der Waals surface area contributed by atoms with Crippen LogP contribution in [0.4, 0.5) is 0 Å². The van der Waals surface area contributed by atoms with Gasteiger partial charge in [0.1, 0.15) is 10.4 Å². The Labute approximate surface area is 125 Å². The lowest BCUT2D eigenvalue weighted by molar-refractivity contribution is -0.154. The molecular formula is C12H16BrClN2O3. The molecule has 0 spiro atoms. The van der Waals surface area contributed by atoms with E-state index >= 15 is 0 Å². The molecule has 0 aliphatic heterocycles. The number of carbonyl (C=O) groups excluding carboxylic acids is 1. The number of hydrogen-bond donors (Lipinski definition) is 0. The van der Waals surface area contributed by atoms with Gasteiger partial charge in [0.2, 0.25) is 5.28 Å². The van der Waals surface area contributed by atoms with Crippen molar-refractivity contribution in [1.82, 2.24) is 9.97 Å². The summed E-state index contributed by atoms with van der Waals surface area (Å²) in [5, 5.41) is 0.166. The Kier molecular flexibility index (Phi) is 6.00. The summed E-state index contributed by atoms with van der Waals surface area (Å²) in [5.41, 5.74) is -0.492. The number of alkyl halides is 1. The zero-order chi connectivity index (χ0) is 14.5. The van der Waals surface area contributed by atoms with Gasteiger partial charge in [-0.1, -0.05) is 15.9 Å². The summed E-state index contributed by atoms with van der Waals surface area (Å²) in [5.74, 6) is 0.205. The van der Waals surface area contributed by atoms with Gasteiger partial charge in [-0.2, -0.15) is 0 Å². The lowest BCUT2D eigenvalue weighted by Crippen LogP contribution is -2.29. The number of halogens is 2. The Bertz CT molecular complexity index is 420. The van der Waals surface area contributed by atoms with Crippen molar-refractivity contribution < 1.29 is 14.3 Å². The maximum absolute atomic E-state index is 11.7. The second-order valence-corrected chi connectivity index (χ2v) is 6.27. The number of aromatic nitrogens is 2. The Morgan fingerprint density at radius 2 is 2.00 bits per heavy atom. The minimum Gasteiger partial charge on any atom is -0.490 e. The fourth-order valence-electron chi connectivity index (χ4n) is 1.14. The normalized spacial score (nSPS) is 12.9. The standard InChI is InChI=1S/C12H16BrClN2O3/c1-12(2,3)19-10(17)9(13)4-5-18-8-6-15-11(14)16-7-8/h6-7,9H,4-5H2,1-3H3. The van der Waals surface area contributed by atoms with Gasteiger partial charge in [-0.3, -0.25) is 4.79 Å². The summed E-state index contributed by atoms with van der Waals surface area (Å²) in [7, 11) is 0. The highest BCUT2D eigenvalue weighted by Crippen LogP contribution is 2.15. The van der Waals surface area contributed by atoms with Crippen LogP contribution in [0.5, 0.6) is 5.75 Å². The molecule has 0 saturated heterocycles. The van der Waals surface area contributed by atoms with Gasteiger partial charge in [-0.25, -0.2) is 9.97 Å². The van der Waals surface area contributed by atoms with Crippen LogP contribution in [-0.4, -0.2) is 33.0 Å². The van der Waals surface area contributed by atoms with Crippen molar-refractivity contribution in [3.05, 3.63) is 17.7 Å². The predicted molar refractivity (Wildman–Crippen MR) is 75.7 cm³/mol. The monoisotopic (exact) mass is 350 g/mol. The molecule has 1 rings (SSSR count). The second-order valence-electron chi connectivity index (χ2n) is 4.83. The quantitative estimate of drug-likeness (QED) is 0.463. The van der Waals surface area contributed by atoms with Crippen LogP contribution in [0, 0.1) is 0 Å². The van der Waals surface area contributed by atoms with Gasteiger partial charge in [0, 0.05) is 6.42 Å². The van der Waals surface area contributed by atoms with Crippen molar-refractivity contribution in [2.24, 2.45) is 0 Å². The van der Waals surface area contributed by atoms with Crippen molar-refractivity contribution in [2.45, 2.75) is 37.6 Å². The third-order valence-electron chi connectivity index (χ3n) is 1.90. The number of carbonyl (C=O) groups is 1. The highest BCUT2D eigenvalue weighted by molar-refractivity contribution is 9.10. The maximum atomic E-state index is 11.7. The summed E-state index contributed by atoms with van der Waals surface area (Å²) in [6.07, 6.45) is 3.44. The van der Waals surface area contributed by atoms with Crippen molar-refractivity contribution in [2.75, 3.05) is 6.61 Å². The molecule has 0 aliphatic rings. The van der Waals surface area contributed by atoms with Crippen molar-refractivity contribution >= 4 is 33.5 Å². The van der Waals surface area contributed by atoms with E-state index in [2.05, 4.69) is 25.9 Å². The molecule has 1 aromatic heterocycles. The van der Waals surface area contributed by atoms with Gasteiger partial charge in [0.15, 0.2) is 5.75 Å². The molecule has 19 heavy (non-hydrogen) atoms. The number of ether oxygens (including phenoxy) is 2. The molecule has 0 bridgehead atoms. The third-order valence-corrected chi connectivity index (χ3v) is 2.93. The van der Waals surface area contributed by atoms with E-state index in [1.165, 1.54) is 12.4 Å². The molecule has 0 radical (unpaired) electrons. The molecule has 0 N–H and O–H groups in total. The minimum absolute atomic E-state index is 0.166. The minimum atomic E-state index is -0.492. The highest BCUT2D eigenvalue weighted by Gasteiger charge is 2.22.